The van der Waals surface area contributed by atoms with Gasteiger partial charge in [0.15, 0.2) is 0 Å². The Morgan fingerprint density at radius 1 is 1.31 bits per heavy atom. The highest BCUT2D eigenvalue weighted by Crippen LogP contribution is 2.19. The first kappa shape index (κ1) is 11.1. The van der Waals surface area contributed by atoms with Crippen LogP contribution >= 0.6 is 0 Å². The van der Waals surface area contributed by atoms with Crippen LogP contribution in [-0.4, -0.2) is 35.3 Å². The molecule has 5 heteroatoms. The van der Waals surface area contributed by atoms with E-state index in [4.69, 9.17) is 10.5 Å². The normalized spacial score (nSPS) is 25.8. The Bertz CT molecular complexity index is 352. The van der Waals surface area contributed by atoms with Gasteiger partial charge in [0.2, 0.25) is 5.95 Å². The number of rotatable bonds is 1. The molecule has 0 radical (unpaired) electrons. The van der Waals surface area contributed by atoms with Crippen molar-refractivity contribution in [3.63, 3.8) is 0 Å². The van der Waals surface area contributed by atoms with Gasteiger partial charge in [-0.25, -0.2) is 4.98 Å². The number of hydrogen-bond donors (Lipinski definition) is 1. The van der Waals surface area contributed by atoms with E-state index in [1.165, 1.54) is 0 Å². The Kier molecular flexibility index (Phi) is 2.96. The molecule has 2 unspecified atom stereocenters. The number of hydrogen-bond acceptors (Lipinski definition) is 5. The van der Waals surface area contributed by atoms with Crippen molar-refractivity contribution >= 4 is 11.8 Å². The summed E-state index contributed by atoms with van der Waals surface area (Å²) in [5, 5.41) is 0. The van der Waals surface area contributed by atoms with Gasteiger partial charge in [0.25, 0.3) is 0 Å². The number of anilines is 2. The van der Waals surface area contributed by atoms with Crippen LogP contribution in [0.25, 0.3) is 0 Å². The third kappa shape index (κ3) is 2.41. The lowest BCUT2D eigenvalue weighted by Crippen LogP contribution is -2.46. The van der Waals surface area contributed by atoms with Crippen molar-refractivity contribution in [2.45, 2.75) is 33.0 Å². The molecule has 1 aliphatic heterocycles. The first-order valence-corrected chi connectivity index (χ1v) is 5.56. The fraction of sp³-hybridized carbons (Fsp3) is 0.636. The topological polar surface area (TPSA) is 64.3 Å². The van der Waals surface area contributed by atoms with E-state index in [0.29, 0.717) is 5.95 Å². The van der Waals surface area contributed by atoms with Gasteiger partial charge in [-0.3, -0.25) is 0 Å². The highest BCUT2D eigenvalue weighted by Gasteiger charge is 2.23. The van der Waals surface area contributed by atoms with Crippen LogP contribution < -0.4 is 10.6 Å². The molecule has 0 amide bonds. The molecule has 0 spiro atoms. The summed E-state index contributed by atoms with van der Waals surface area (Å²) in [7, 11) is 0. The van der Waals surface area contributed by atoms with E-state index in [1.807, 2.05) is 13.0 Å². The maximum atomic E-state index is 5.68. The lowest BCUT2D eigenvalue weighted by atomic mass is 10.2. The van der Waals surface area contributed by atoms with Crippen LogP contribution in [0.15, 0.2) is 6.07 Å². The minimum Gasteiger partial charge on any atom is -0.372 e. The van der Waals surface area contributed by atoms with E-state index in [-0.39, 0.29) is 12.2 Å². The second kappa shape index (κ2) is 4.25. The van der Waals surface area contributed by atoms with Crippen molar-refractivity contribution in [2.75, 3.05) is 23.7 Å². The summed E-state index contributed by atoms with van der Waals surface area (Å²) in [6.45, 7) is 7.76. The Morgan fingerprint density at radius 3 is 2.50 bits per heavy atom. The van der Waals surface area contributed by atoms with Crippen LogP contribution in [-0.2, 0) is 4.74 Å². The van der Waals surface area contributed by atoms with Gasteiger partial charge in [-0.15, -0.1) is 0 Å². The first-order chi connectivity index (χ1) is 7.54. The summed E-state index contributed by atoms with van der Waals surface area (Å²) in [4.78, 5) is 10.5. The molecule has 2 heterocycles. The zero-order chi connectivity index (χ0) is 11.7. The second-order valence-electron chi connectivity index (χ2n) is 4.39. The summed E-state index contributed by atoms with van der Waals surface area (Å²) >= 11 is 0. The predicted molar refractivity (Wildman–Crippen MR) is 63.4 cm³/mol. The highest BCUT2D eigenvalue weighted by atomic mass is 16.5. The number of nitrogen functional groups attached to an aromatic ring is 1. The zero-order valence-corrected chi connectivity index (χ0v) is 9.97. The summed E-state index contributed by atoms with van der Waals surface area (Å²) in [5.41, 5.74) is 6.55. The van der Waals surface area contributed by atoms with Crippen molar-refractivity contribution in [1.82, 2.24) is 9.97 Å². The summed E-state index contributed by atoms with van der Waals surface area (Å²) in [5.74, 6) is 1.23. The Morgan fingerprint density at radius 2 is 1.94 bits per heavy atom. The van der Waals surface area contributed by atoms with Crippen molar-refractivity contribution in [1.29, 1.82) is 0 Å². The van der Waals surface area contributed by atoms with Gasteiger partial charge in [0, 0.05) is 24.8 Å². The standard InChI is InChI=1S/C11H18N4O/c1-7-4-10(14-11(12)13-7)15-5-8(2)16-9(3)6-15/h4,8-9H,5-6H2,1-3H3,(H2,12,13,14). The molecule has 0 bridgehead atoms. The molecule has 2 rings (SSSR count). The first-order valence-electron chi connectivity index (χ1n) is 5.56. The average Bonchev–Trinajstić information content (AvgIpc) is 2.14. The lowest BCUT2D eigenvalue weighted by molar-refractivity contribution is -0.00546. The molecule has 0 saturated carbocycles. The van der Waals surface area contributed by atoms with Crippen LogP contribution in [0.5, 0.6) is 0 Å². The van der Waals surface area contributed by atoms with Crippen LogP contribution in [0.1, 0.15) is 19.5 Å². The van der Waals surface area contributed by atoms with Crippen LogP contribution in [0.2, 0.25) is 0 Å². The van der Waals surface area contributed by atoms with Crippen LogP contribution in [0.4, 0.5) is 11.8 Å². The van der Waals surface area contributed by atoms with Gasteiger partial charge >= 0.3 is 0 Å². The minimum atomic E-state index is 0.222. The number of aromatic nitrogens is 2. The number of nitrogens with two attached hydrogens (primary N) is 1. The molecular weight excluding hydrogens is 204 g/mol. The third-order valence-electron chi connectivity index (χ3n) is 2.60. The van der Waals surface area contributed by atoms with Crippen molar-refractivity contribution < 1.29 is 4.74 Å². The SMILES string of the molecule is Cc1cc(N2CC(C)OC(C)C2)nc(N)n1. The largest absolute Gasteiger partial charge is 0.372 e. The number of nitrogens with zero attached hydrogens (tertiary/aromatic N) is 3. The maximum Gasteiger partial charge on any atom is 0.222 e. The number of morpholine rings is 1. The summed E-state index contributed by atoms with van der Waals surface area (Å²) in [6.07, 6.45) is 0.445. The average molecular weight is 222 g/mol. The minimum absolute atomic E-state index is 0.222. The molecule has 0 aromatic carbocycles. The van der Waals surface area contributed by atoms with Gasteiger partial charge in [0.05, 0.1) is 12.2 Å². The highest BCUT2D eigenvalue weighted by molar-refractivity contribution is 5.43. The smallest absolute Gasteiger partial charge is 0.222 e. The fourth-order valence-electron chi connectivity index (χ4n) is 2.10. The molecule has 1 fully saturated rings. The van der Waals surface area contributed by atoms with Crippen molar-refractivity contribution in [2.24, 2.45) is 0 Å². The molecule has 2 atom stereocenters. The Labute approximate surface area is 95.6 Å². The van der Waals surface area contributed by atoms with E-state index >= 15 is 0 Å². The number of ether oxygens (including phenoxy) is 1. The van der Waals surface area contributed by atoms with Gasteiger partial charge < -0.3 is 15.4 Å². The molecule has 1 aliphatic rings. The van der Waals surface area contributed by atoms with Gasteiger partial charge in [-0.05, 0) is 20.8 Å². The van der Waals surface area contributed by atoms with Crippen LogP contribution in [0.3, 0.4) is 0 Å². The van der Waals surface area contributed by atoms with E-state index in [1.54, 1.807) is 0 Å². The van der Waals surface area contributed by atoms with Gasteiger partial charge in [0.1, 0.15) is 5.82 Å². The molecular formula is C11H18N4O. The third-order valence-corrected chi connectivity index (χ3v) is 2.60. The summed E-state index contributed by atoms with van der Waals surface area (Å²) in [6, 6.07) is 1.96. The monoisotopic (exact) mass is 222 g/mol. The summed E-state index contributed by atoms with van der Waals surface area (Å²) < 4.78 is 5.68. The zero-order valence-electron chi connectivity index (χ0n) is 9.97. The van der Waals surface area contributed by atoms with Gasteiger partial charge in [-0.2, -0.15) is 4.98 Å². The predicted octanol–water partition coefficient (Wildman–Crippen LogP) is 0.981. The van der Waals surface area contributed by atoms with Crippen LogP contribution in [0, 0.1) is 6.92 Å². The Balaban J connectivity index is 2.22. The molecule has 2 N–H and O–H groups in total. The van der Waals surface area contributed by atoms with Crippen molar-refractivity contribution in [3.8, 4) is 0 Å². The lowest BCUT2D eigenvalue weighted by Gasteiger charge is -2.36. The van der Waals surface area contributed by atoms with E-state index < -0.39 is 0 Å². The van der Waals surface area contributed by atoms with E-state index in [9.17, 15) is 0 Å². The maximum absolute atomic E-state index is 5.68. The molecule has 88 valence electrons. The molecule has 1 aromatic heterocycles. The molecule has 16 heavy (non-hydrogen) atoms. The second-order valence-corrected chi connectivity index (χ2v) is 4.39. The van der Waals surface area contributed by atoms with E-state index in [0.717, 1.165) is 24.6 Å². The van der Waals surface area contributed by atoms with Gasteiger partial charge in [-0.1, -0.05) is 0 Å². The van der Waals surface area contributed by atoms with E-state index in [2.05, 4.69) is 28.7 Å². The molecule has 0 aliphatic carbocycles. The van der Waals surface area contributed by atoms with Crippen molar-refractivity contribution in [3.05, 3.63) is 11.8 Å². The molecule has 5 nitrogen and oxygen atoms in total. The fourth-order valence-corrected chi connectivity index (χ4v) is 2.10. The quantitative estimate of drug-likeness (QED) is 0.767. The molecule has 1 aromatic rings. The number of aryl methyl sites for hydroxylation is 1. The Hall–Kier alpha value is -1.36. The molecule has 1 saturated heterocycles.